The average Bonchev–Trinajstić information content (AvgIpc) is 2.68. The van der Waals surface area contributed by atoms with E-state index in [1.807, 2.05) is 14.1 Å². The summed E-state index contributed by atoms with van der Waals surface area (Å²) < 4.78 is 0. The van der Waals surface area contributed by atoms with Crippen LogP contribution >= 0.6 is 0 Å². The van der Waals surface area contributed by atoms with Gasteiger partial charge in [0.1, 0.15) is 0 Å². The molecule has 1 unspecified atom stereocenters. The molecule has 1 rings (SSSR count). The van der Waals surface area contributed by atoms with E-state index in [9.17, 15) is 4.79 Å². The molecule has 1 amide bonds. The van der Waals surface area contributed by atoms with Crippen molar-refractivity contribution in [3.63, 3.8) is 0 Å². The minimum Gasteiger partial charge on any atom is -0.465 e. The van der Waals surface area contributed by atoms with Gasteiger partial charge < -0.3 is 20.2 Å². The van der Waals surface area contributed by atoms with E-state index in [4.69, 9.17) is 5.11 Å². The molecule has 0 aromatic carbocycles. The van der Waals surface area contributed by atoms with Crippen LogP contribution in [0, 0.1) is 5.92 Å². The molecule has 1 heterocycles. The van der Waals surface area contributed by atoms with Gasteiger partial charge in [-0.2, -0.15) is 0 Å². The second-order valence-corrected chi connectivity index (χ2v) is 4.74. The highest BCUT2D eigenvalue weighted by atomic mass is 16.4. The van der Waals surface area contributed by atoms with Crippen molar-refractivity contribution in [2.75, 3.05) is 46.8 Å². The molecule has 1 atom stereocenters. The zero-order valence-electron chi connectivity index (χ0n) is 10.3. The molecule has 2 N–H and O–H groups in total. The summed E-state index contributed by atoms with van der Waals surface area (Å²) in [5.74, 6) is 0.496. The SMILES string of the molecule is CN(C)CCCN(CC1CCNC1)C(=O)O. The molecule has 5 nitrogen and oxygen atoms in total. The molecule has 0 aromatic heterocycles. The fourth-order valence-electron chi connectivity index (χ4n) is 2.02. The first kappa shape index (κ1) is 13.3. The van der Waals surface area contributed by atoms with E-state index in [0.29, 0.717) is 19.0 Å². The molecule has 0 spiro atoms. The quantitative estimate of drug-likeness (QED) is 0.697. The molecular formula is C11H23N3O2. The molecule has 1 saturated heterocycles. The van der Waals surface area contributed by atoms with Gasteiger partial charge in [0.05, 0.1) is 0 Å². The largest absolute Gasteiger partial charge is 0.465 e. The summed E-state index contributed by atoms with van der Waals surface area (Å²) in [4.78, 5) is 14.7. The zero-order valence-corrected chi connectivity index (χ0v) is 10.3. The van der Waals surface area contributed by atoms with Crippen molar-refractivity contribution in [2.24, 2.45) is 5.92 Å². The fourth-order valence-corrected chi connectivity index (χ4v) is 2.02. The predicted octanol–water partition coefficient (Wildman–Crippen LogP) is 0.528. The standard InChI is InChI=1S/C11H23N3O2/c1-13(2)6-3-7-14(11(15)16)9-10-4-5-12-8-10/h10,12H,3-9H2,1-2H3,(H,15,16). The Morgan fingerprint density at radius 2 is 2.19 bits per heavy atom. The maximum atomic E-state index is 11.1. The summed E-state index contributed by atoms with van der Waals surface area (Å²) in [7, 11) is 4.01. The van der Waals surface area contributed by atoms with Gasteiger partial charge in [-0.3, -0.25) is 0 Å². The Kier molecular flexibility index (Phi) is 5.55. The van der Waals surface area contributed by atoms with E-state index < -0.39 is 6.09 Å². The first-order chi connectivity index (χ1) is 7.59. The van der Waals surface area contributed by atoms with Crippen molar-refractivity contribution in [1.29, 1.82) is 0 Å². The summed E-state index contributed by atoms with van der Waals surface area (Å²) in [6.45, 7) is 4.24. The second-order valence-electron chi connectivity index (χ2n) is 4.74. The van der Waals surface area contributed by atoms with Gasteiger partial charge in [-0.15, -0.1) is 0 Å². The van der Waals surface area contributed by atoms with Crippen LogP contribution in [0.3, 0.4) is 0 Å². The Hall–Kier alpha value is -0.810. The van der Waals surface area contributed by atoms with Crippen LogP contribution in [0.2, 0.25) is 0 Å². The number of nitrogens with one attached hydrogen (secondary N) is 1. The lowest BCUT2D eigenvalue weighted by molar-refractivity contribution is 0.136. The molecule has 0 saturated carbocycles. The van der Waals surface area contributed by atoms with Crippen LogP contribution in [-0.4, -0.2) is 67.8 Å². The average molecular weight is 229 g/mol. The molecule has 94 valence electrons. The van der Waals surface area contributed by atoms with E-state index in [2.05, 4.69) is 10.2 Å². The van der Waals surface area contributed by atoms with Crippen LogP contribution in [0.1, 0.15) is 12.8 Å². The Balaban J connectivity index is 2.26. The monoisotopic (exact) mass is 229 g/mol. The predicted molar refractivity (Wildman–Crippen MR) is 63.7 cm³/mol. The van der Waals surface area contributed by atoms with E-state index in [1.54, 1.807) is 4.90 Å². The maximum Gasteiger partial charge on any atom is 0.407 e. The van der Waals surface area contributed by atoms with E-state index >= 15 is 0 Å². The second kappa shape index (κ2) is 6.70. The van der Waals surface area contributed by atoms with Crippen molar-refractivity contribution in [2.45, 2.75) is 12.8 Å². The number of nitrogens with zero attached hydrogens (tertiary/aromatic N) is 2. The molecular weight excluding hydrogens is 206 g/mol. The molecule has 1 fully saturated rings. The first-order valence-corrected chi connectivity index (χ1v) is 5.93. The molecule has 1 aliphatic rings. The highest BCUT2D eigenvalue weighted by Gasteiger charge is 2.20. The Morgan fingerprint density at radius 3 is 2.69 bits per heavy atom. The fraction of sp³-hybridized carbons (Fsp3) is 0.909. The van der Waals surface area contributed by atoms with E-state index in [0.717, 1.165) is 32.5 Å². The third kappa shape index (κ3) is 4.81. The number of rotatable bonds is 6. The summed E-state index contributed by atoms with van der Waals surface area (Å²) in [6.07, 6.45) is 1.21. The Morgan fingerprint density at radius 1 is 1.44 bits per heavy atom. The molecule has 0 radical (unpaired) electrons. The van der Waals surface area contributed by atoms with Gasteiger partial charge in [0.25, 0.3) is 0 Å². The van der Waals surface area contributed by atoms with E-state index in [1.165, 1.54) is 0 Å². The third-order valence-electron chi connectivity index (χ3n) is 2.94. The molecule has 16 heavy (non-hydrogen) atoms. The maximum absolute atomic E-state index is 11.1. The lowest BCUT2D eigenvalue weighted by Crippen LogP contribution is -2.36. The van der Waals surface area contributed by atoms with Crippen molar-refractivity contribution in [3.05, 3.63) is 0 Å². The van der Waals surface area contributed by atoms with Crippen molar-refractivity contribution >= 4 is 6.09 Å². The lowest BCUT2D eigenvalue weighted by Gasteiger charge is -2.23. The number of hydrogen-bond donors (Lipinski definition) is 2. The summed E-state index contributed by atoms with van der Waals surface area (Å²) >= 11 is 0. The van der Waals surface area contributed by atoms with Gasteiger partial charge in [-0.1, -0.05) is 0 Å². The Labute approximate surface area is 97.4 Å². The van der Waals surface area contributed by atoms with Crippen molar-refractivity contribution in [1.82, 2.24) is 15.1 Å². The number of amides is 1. The first-order valence-electron chi connectivity index (χ1n) is 5.93. The zero-order chi connectivity index (χ0) is 12.0. The minimum absolute atomic E-state index is 0.496. The van der Waals surface area contributed by atoms with Crippen LogP contribution in [0.4, 0.5) is 4.79 Å². The van der Waals surface area contributed by atoms with Crippen LogP contribution < -0.4 is 5.32 Å². The van der Waals surface area contributed by atoms with Gasteiger partial charge in [-0.05, 0) is 52.5 Å². The van der Waals surface area contributed by atoms with Gasteiger partial charge in [0.2, 0.25) is 0 Å². The van der Waals surface area contributed by atoms with Crippen LogP contribution in [0.15, 0.2) is 0 Å². The normalized spacial score (nSPS) is 20.3. The van der Waals surface area contributed by atoms with Gasteiger partial charge >= 0.3 is 6.09 Å². The van der Waals surface area contributed by atoms with Crippen molar-refractivity contribution < 1.29 is 9.90 Å². The third-order valence-corrected chi connectivity index (χ3v) is 2.94. The van der Waals surface area contributed by atoms with Gasteiger partial charge in [0, 0.05) is 13.1 Å². The van der Waals surface area contributed by atoms with Gasteiger partial charge in [0.15, 0.2) is 0 Å². The van der Waals surface area contributed by atoms with Crippen LogP contribution in [0.25, 0.3) is 0 Å². The summed E-state index contributed by atoms with van der Waals surface area (Å²) in [5, 5.41) is 12.4. The van der Waals surface area contributed by atoms with Crippen molar-refractivity contribution in [3.8, 4) is 0 Å². The molecule has 0 aliphatic carbocycles. The molecule has 5 heteroatoms. The number of carbonyl (C=O) groups is 1. The van der Waals surface area contributed by atoms with Crippen LogP contribution in [0.5, 0.6) is 0 Å². The molecule has 0 aromatic rings. The Bertz CT molecular complexity index is 215. The molecule has 0 bridgehead atoms. The van der Waals surface area contributed by atoms with Gasteiger partial charge in [-0.25, -0.2) is 4.79 Å². The highest BCUT2D eigenvalue weighted by molar-refractivity contribution is 5.64. The van der Waals surface area contributed by atoms with E-state index in [-0.39, 0.29) is 0 Å². The van der Waals surface area contributed by atoms with Crippen LogP contribution in [-0.2, 0) is 0 Å². The summed E-state index contributed by atoms with van der Waals surface area (Å²) in [5.41, 5.74) is 0. The molecule has 1 aliphatic heterocycles. The highest BCUT2D eigenvalue weighted by Crippen LogP contribution is 2.10. The number of hydrogen-bond acceptors (Lipinski definition) is 3. The smallest absolute Gasteiger partial charge is 0.407 e. The number of carboxylic acid groups (broad SMARTS) is 1. The topological polar surface area (TPSA) is 55.8 Å². The minimum atomic E-state index is -0.786. The lowest BCUT2D eigenvalue weighted by atomic mass is 10.1. The summed E-state index contributed by atoms with van der Waals surface area (Å²) in [6, 6.07) is 0.